The molecular weight excluding hydrogens is 184 g/mol. The quantitative estimate of drug-likeness (QED) is 0.749. The molecule has 1 saturated heterocycles. The highest BCUT2D eigenvalue weighted by Gasteiger charge is 2.13. The number of piperidine rings is 1. The lowest BCUT2D eigenvalue weighted by Crippen LogP contribution is -2.26. The smallest absolute Gasteiger partial charge is 0.0335 e. The van der Waals surface area contributed by atoms with Crippen molar-refractivity contribution in [3.05, 3.63) is 30.1 Å². The minimum absolute atomic E-state index is 0. The van der Waals surface area contributed by atoms with Crippen molar-refractivity contribution in [1.82, 2.24) is 10.3 Å². The van der Waals surface area contributed by atoms with Crippen LogP contribution in [0.5, 0.6) is 0 Å². The maximum Gasteiger partial charge on any atom is 0.0335 e. The number of hydrogen-bond donors (Lipinski definition) is 1. The number of aromatic nitrogens is 1. The Morgan fingerprint density at radius 3 is 2.92 bits per heavy atom. The van der Waals surface area contributed by atoms with Crippen LogP contribution in [0.25, 0.3) is 0 Å². The Morgan fingerprint density at radius 1 is 1.38 bits per heavy atom. The third-order valence-electron chi connectivity index (χ3n) is 2.40. The molecule has 2 rings (SSSR count). The highest BCUT2D eigenvalue weighted by molar-refractivity contribution is 5.85. The first-order chi connectivity index (χ1) is 5.97. The van der Waals surface area contributed by atoms with Gasteiger partial charge in [0.05, 0.1) is 0 Å². The summed E-state index contributed by atoms with van der Waals surface area (Å²) < 4.78 is 0. The predicted octanol–water partition coefficient (Wildman–Crippen LogP) is 2.32. The van der Waals surface area contributed by atoms with Gasteiger partial charge in [-0.05, 0) is 31.0 Å². The van der Waals surface area contributed by atoms with Crippen LogP contribution >= 0.6 is 12.4 Å². The van der Waals surface area contributed by atoms with Crippen LogP contribution in [0.15, 0.2) is 24.5 Å². The molecule has 0 aromatic carbocycles. The second-order valence-electron chi connectivity index (χ2n) is 3.29. The lowest BCUT2D eigenvalue weighted by molar-refractivity contribution is 0.411. The molecule has 0 bridgehead atoms. The standard InChI is InChI=1S/C10H14N2.ClH/c1-2-7-12-10(5-1)9-4-3-6-11-8-9;/h3-4,6,8,10,12H,1-2,5,7H2;1H/t10-;/m1./s1. The van der Waals surface area contributed by atoms with Gasteiger partial charge in [-0.1, -0.05) is 12.5 Å². The van der Waals surface area contributed by atoms with Crippen LogP contribution in [0.3, 0.4) is 0 Å². The van der Waals surface area contributed by atoms with Crippen LogP contribution in [0.4, 0.5) is 0 Å². The summed E-state index contributed by atoms with van der Waals surface area (Å²) in [5, 5.41) is 3.50. The largest absolute Gasteiger partial charge is 0.310 e. The molecule has 1 fully saturated rings. The molecular formula is C10H15ClN2. The van der Waals surface area contributed by atoms with Crippen LogP contribution in [0.2, 0.25) is 0 Å². The highest BCUT2D eigenvalue weighted by Crippen LogP contribution is 2.21. The number of nitrogens with one attached hydrogen (secondary N) is 1. The van der Waals surface area contributed by atoms with Crippen molar-refractivity contribution in [2.75, 3.05) is 6.54 Å². The first-order valence-electron chi connectivity index (χ1n) is 4.60. The van der Waals surface area contributed by atoms with E-state index in [2.05, 4.69) is 16.4 Å². The van der Waals surface area contributed by atoms with E-state index in [4.69, 9.17) is 0 Å². The van der Waals surface area contributed by atoms with Gasteiger partial charge in [0.15, 0.2) is 0 Å². The van der Waals surface area contributed by atoms with E-state index in [0.717, 1.165) is 6.54 Å². The average Bonchev–Trinajstić information content (AvgIpc) is 2.21. The van der Waals surface area contributed by atoms with Crippen molar-refractivity contribution in [2.45, 2.75) is 25.3 Å². The molecule has 2 nitrogen and oxygen atoms in total. The first kappa shape index (κ1) is 10.5. The Balaban J connectivity index is 0.000000845. The van der Waals surface area contributed by atoms with Crippen molar-refractivity contribution in [2.24, 2.45) is 0 Å². The number of halogens is 1. The summed E-state index contributed by atoms with van der Waals surface area (Å²) in [6.45, 7) is 1.15. The van der Waals surface area contributed by atoms with Crippen LogP contribution < -0.4 is 5.32 Å². The van der Waals surface area contributed by atoms with Crippen molar-refractivity contribution < 1.29 is 0 Å². The Morgan fingerprint density at radius 2 is 2.31 bits per heavy atom. The van der Waals surface area contributed by atoms with E-state index >= 15 is 0 Å². The van der Waals surface area contributed by atoms with E-state index in [1.165, 1.54) is 24.8 Å². The number of pyridine rings is 1. The average molecular weight is 199 g/mol. The molecule has 1 atom stereocenters. The van der Waals surface area contributed by atoms with Gasteiger partial charge in [0.1, 0.15) is 0 Å². The van der Waals surface area contributed by atoms with Crippen molar-refractivity contribution in [3.63, 3.8) is 0 Å². The fraction of sp³-hybridized carbons (Fsp3) is 0.500. The molecule has 13 heavy (non-hydrogen) atoms. The van der Waals surface area contributed by atoms with Gasteiger partial charge in [-0.3, -0.25) is 4.98 Å². The summed E-state index contributed by atoms with van der Waals surface area (Å²) in [7, 11) is 0. The minimum Gasteiger partial charge on any atom is -0.310 e. The molecule has 0 aliphatic carbocycles. The minimum atomic E-state index is 0. The normalized spacial score (nSPS) is 22.0. The van der Waals surface area contributed by atoms with Gasteiger partial charge in [-0.15, -0.1) is 12.4 Å². The summed E-state index contributed by atoms with van der Waals surface area (Å²) in [5.74, 6) is 0. The highest BCUT2D eigenvalue weighted by atomic mass is 35.5. The molecule has 72 valence electrons. The summed E-state index contributed by atoms with van der Waals surface area (Å²) >= 11 is 0. The Bertz CT molecular complexity index is 232. The maximum atomic E-state index is 4.12. The maximum absolute atomic E-state index is 4.12. The summed E-state index contributed by atoms with van der Waals surface area (Å²) in [6, 6.07) is 4.70. The van der Waals surface area contributed by atoms with E-state index in [9.17, 15) is 0 Å². The molecule has 1 aromatic rings. The van der Waals surface area contributed by atoms with E-state index in [1.54, 1.807) is 0 Å². The van der Waals surface area contributed by atoms with Gasteiger partial charge in [0, 0.05) is 18.4 Å². The molecule has 1 aliphatic heterocycles. The summed E-state index contributed by atoms with van der Waals surface area (Å²) in [6.07, 6.45) is 7.70. The number of hydrogen-bond acceptors (Lipinski definition) is 2. The van der Waals surface area contributed by atoms with E-state index in [1.807, 2.05) is 18.5 Å². The molecule has 0 radical (unpaired) electrons. The van der Waals surface area contributed by atoms with E-state index in [0.29, 0.717) is 6.04 Å². The SMILES string of the molecule is Cl.c1cncc([C@H]2CCCCN2)c1. The first-order valence-corrected chi connectivity index (χ1v) is 4.60. The Labute approximate surface area is 85.2 Å². The molecule has 3 heteroatoms. The van der Waals surface area contributed by atoms with Crippen molar-refractivity contribution in [3.8, 4) is 0 Å². The zero-order valence-corrected chi connectivity index (χ0v) is 8.39. The molecule has 0 amide bonds. The van der Waals surface area contributed by atoms with Crippen LogP contribution in [-0.2, 0) is 0 Å². The van der Waals surface area contributed by atoms with Gasteiger partial charge in [-0.2, -0.15) is 0 Å². The van der Waals surface area contributed by atoms with Crippen molar-refractivity contribution >= 4 is 12.4 Å². The molecule has 0 spiro atoms. The van der Waals surface area contributed by atoms with Crippen molar-refractivity contribution in [1.29, 1.82) is 0 Å². The van der Waals surface area contributed by atoms with Gasteiger partial charge >= 0.3 is 0 Å². The second-order valence-corrected chi connectivity index (χ2v) is 3.29. The fourth-order valence-electron chi connectivity index (χ4n) is 1.72. The van der Waals surface area contributed by atoms with Gasteiger partial charge in [-0.25, -0.2) is 0 Å². The van der Waals surface area contributed by atoms with Gasteiger partial charge < -0.3 is 5.32 Å². The third kappa shape index (κ3) is 2.68. The molecule has 2 heterocycles. The van der Waals surface area contributed by atoms with Crippen LogP contribution in [0.1, 0.15) is 30.9 Å². The van der Waals surface area contributed by atoms with Crippen LogP contribution in [0, 0.1) is 0 Å². The zero-order valence-electron chi connectivity index (χ0n) is 7.57. The van der Waals surface area contributed by atoms with Gasteiger partial charge in [0.2, 0.25) is 0 Å². The lowest BCUT2D eigenvalue weighted by atomic mass is 9.99. The molecule has 0 saturated carbocycles. The summed E-state index contributed by atoms with van der Waals surface area (Å²) in [5.41, 5.74) is 1.33. The monoisotopic (exact) mass is 198 g/mol. The van der Waals surface area contributed by atoms with Crippen LogP contribution in [-0.4, -0.2) is 11.5 Å². The van der Waals surface area contributed by atoms with Gasteiger partial charge in [0.25, 0.3) is 0 Å². The summed E-state index contributed by atoms with van der Waals surface area (Å²) in [4.78, 5) is 4.12. The lowest BCUT2D eigenvalue weighted by Gasteiger charge is -2.23. The predicted molar refractivity (Wildman–Crippen MR) is 56.1 cm³/mol. The zero-order chi connectivity index (χ0) is 8.23. The fourth-order valence-corrected chi connectivity index (χ4v) is 1.72. The molecule has 1 aromatic heterocycles. The number of nitrogens with zero attached hydrogens (tertiary/aromatic N) is 1. The topological polar surface area (TPSA) is 24.9 Å². The molecule has 1 N–H and O–H groups in total. The second kappa shape index (κ2) is 5.20. The van der Waals surface area contributed by atoms with E-state index in [-0.39, 0.29) is 12.4 Å². The van der Waals surface area contributed by atoms with E-state index < -0.39 is 0 Å². The molecule has 1 aliphatic rings. The third-order valence-corrected chi connectivity index (χ3v) is 2.40. The Kier molecular flexibility index (Phi) is 4.19. The Hall–Kier alpha value is -0.600. The number of rotatable bonds is 1. The molecule has 0 unspecified atom stereocenters.